The summed E-state index contributed by atoms with van der Waals surface area (Å²) in [6, 6.07) is 3.91. The first-order valence-corrected chi connectivity index (χ1v) is 8.45. The van der Waals surface area contributed by atoms with E-state index in [2.05, 4.69) is 11.4 Å². The van der Waals surface area contributed by atoms with Gasteiger partial charge in [-0.2, -0.15) is 0 Å². The van der Waals surface area contributed by atoms with Crippen LogP contribution in [0.25, 0.3) is 5.57 Å². The SMILES string of the molecule is COc1cc(C2=CCCN(C(=O)OC(C)(C)C)C2)cc2c1NC(=O)C2. The van der Waals surface area contributed by atoms with Crippen LogP contribution in [0.5, 0.6) is 5.75 Å². The molecular weight excluding hydrogens is 320 g/mol. The standard InChI is InChI=1S/C19H24N2O4/c1-19(2,3)25-18(23)21-7-5-6-12(11-21)13-8-14-10-16(22)20-17(14)15(9-13)24-4/h6,8-9H,5,7,10-11H2,1-4H3,(H,20,22). The van der Waals surface area contributed by atoms with Crippen LogP contribution < -0.4 is 10.1 Å². The molecule has 0 saturated carbocycles. The molecule has 6 heteroatoms. The van der Waals surface area contributed by atoms with E-state index in [9.17, 15) is 9.59 Å². The molecule has 1 aromatic rings. The van der Waals surface area contributed by atoms with E-state index in [1.165, 1.54) is 0 Å². The average molecular weight is 344 g/mol. The maximum absolute atomic E-state index is 12.3. The largest absolute Gasteiger partial charge is 0.495 e. The van der Waals surface area contributed by atoms with E-state index in [4.69, 9.17) is 9.47 Å². The molecule has 0 radical (unpaired) electrons. The van der Waals surface area contributed by atoms with Gasteiger partial charge in [-0.3, -0.25) is 4.79 Å². The van der Waals surface area contributed by atoms with Crippen LogP contribution in [-0.4, -0.2) is 42.7 Å². The predicted octanol–water partition coefficient (Wildman–Crippen LogP) is 3.21. The van der Waals surface area contributed by atoms with E-state index in [0.717, 1.165) is 28.8 Å². The van der Waals surface area contributed by atoms with Crippen molar-refractivity contribution in [3.63, 3.8) is 0 Å². The minimum absolute atomic E-state index is 0.0292. The van der Waals surface area contributed by atoms with E-state index in [-0.39, 0.29) is 12.0 Å². The molecule has 0 saturated heterocycles. The van der Waals surface area contributed by atoms with Crippen LogP contribution in [0.3, 0.4) is 0 Å². The van der Waals surface area contributed by atoms with Crippen LogP contribution in [0.2, 0.25) is 0 Å². The number of rotatable bonds is 2. The summed E-state index contributed by atoms with van der Waals surface area (Å²) in [7, 11) is 1.59. The summed E-state index contributed by atoms with van der Waals surface area (Å²) in [5.41, 5.74) is 3.17. The number of hydrogen-bond donors (Lipinski definition) is 1. The summed E-state index contributed by atoms with van der Waals surface area (Å²) in [6.07, 6.45) is 2.95. The molecule has 0 atom stereocenters. The van der Waals surface area contributed by atoms with Gasteiger partial charge in [0.15, 0.2) is 0 Å². The highest BCUT2D eigenvalue weighted by Gasteiger charge is 2.27. The number of anilines is 1. The second-order valence-corrected chi connectivity index (χ2v) is 7.36. The lowest BCUT2D eigenvalue weighted by Crippen LogP contribution is -2.39. The number of hydrogen-bond acceptors (Lipinski definition) is 4. The molecule has 2 amide bonds. The van der Waals surface area contributed by atoms with Gasteiger partial charge in [-0.1, -0.05) is 6.08 Å². The summed E-state index contributed by atoms with van der Waals surface area (Å²) >= 11 is 0. The molecule has 1 N–H and O–H groups in total. The molecule has 0 spiro atoms. The highest BCUT2D eigenvalue weighted by Crippen LogP contribution is 2.37. The highest BCUT2D eigenvalue weighted by molar-refractivity contribution is 6.01. The first-order valence-electron chi connectivity index (χ1n) is 8.45. The molecule has 25 heavy (non-hydrogen) atoms. The Morgan fingerprint density at radius 2 is 2.04 bits per heavy atom. The zero-order valence-corrected chi connectivity index (χ0v) is 15.1. The van der Waals surface area contributed by atoms with Crippen molar-refractivity contribution >= 4 is 23.3 Å². The topological polar surface area (TPSA) is 67.9 Å². The maximum Gasteiger partial charge on any atom is 0.410 e. The Balaban J connectivity index is 1.83. The molecule has 2 heterocycles. The minimum Gasteiger partial charge on any atom is -0.495 e. The van der Waals surface area contributed by atoms with E-state index in [1.54, 1.807) is 12.0 Å². The van der Waals surface area contributed by atoms with Gasteiger partial charge in [-0.25, -0.2) is 4.79 Å². The molecule has 134 valence electrons. The first-order chi connectivity index (χ1) is 11.8. The molecular formula is C19H24N2O4. The Hall–Kier alpha value is -2.50. The van der Waals surface area contributed by atoms with Crippen molar-refractivity contribution < 1.29 is 19.1 Å². The number of nitrogens with one attached hydrogen (secondary N) is 1. The molecule has 0 unspecified atom stereocenters. The monoisotopic (exact) mass is 344 g/mol. The predicted molar refractivity (Wildman–Crippen MR) is 95.7 cm³/mol. The van der Waals surface area contributed by atoms with E-state index >= 15 is 0 Å². The fourth-order valence-corrected chi connectivity index (χ4v) is 3.09. The van der Waals surface area contributed by atoms with Crippen LogP contribution >= 0.6 is 0 Å². The normalized spacial score (nSPS) is 16.9. The van der Waals surface area contributed by atoms with Gasteiger partial charge in [0.25, 0.3) is 0 Å². The quantitative estimate of drug-likeness (QED) is 0.894. The van der Waals surface area contributed by atoms with Crippen LogP contribution in [-0.2, 0) is 16.0 Å². The summed E-state index contributed by atoms with van der Waals surface area (Å²) in [5, 5.41) is 2.83. The molecule has 0 aromatic heterocycles. The molecule has 0 fully saturated rings. The number of carbonyl (C=O) groups excluding carboxylic acids is 2. The van der Waals surface area contributed by atoms with Gasteiger partial charge >= 0.3 is 6.09 Å². The van der Waals surface area contributed by atoms with Crippen molar-refractivity contribution in [2.75, 3.05) is 25.5 Å². The number of methoxy groups -OCH3 is 1. The van der Waals surface area contributed by atoms with E-state index < -0.39 is 5.60 Å². The van der Waals surface area contributed by atoms with Crippen molar-refractivity contribution in [2.45, 2.75) is 39.2 Å². The number of ether oxygens (including phenoxy) is 2. The Morgan fingerprint density at radius 3 is 2.72 bits per heavy atom. The summed E-state index contributed by atoms with van der Waals surface area (Å²) in [6.45, 7) is 6.71. The summed E-state index contributed by atoms with van der Waals surface area (Å²) in [4.78, 5) is 25.7. The minimum atomic E-state index is -0.513. The third-order valence-electron chi connectivity index (χ3n) is 4.19. The van der Waals surface area contributed by atoms with Gasteiger partial charge in [0.05, 0.1) is 19.2 Å². The first kappa shape index (κ1) is 17.3. The van der Waals surface area contributed by atoms with Gasteiger partial charge in [-0.15, -0.1) is 0 Å². The third-order valence-corrected chi connectivity index (χ3v) is 4.19. The van der Waals surface area contributed by atoms with Crippen molar-refractivity contribution in [1.82, 2.24) is 4.90 Å². The van der Waals surface area contributed by atoms with Gasteiger partial charge in [0.2, 0.25) is 5.91 Å². The smallest absolute Gasteiger partial charge is 0.410 e. The summed E-state index contributed by atoms with van der Waals surface area (Å²) in [5.74, 6) is 0.618. The van der Waals surface area contributed by atoms with Gasteiger partial charge in [0, 0.05) is 13.1 Å². The van der Waals surface area contributed by atoms with E-state index in [0.29, 0.717) is 25.3 Å². The summed E-state index contributed by atoms with van der Waals surface area (Å²) < 4.78 is 10.9. The van der Waals surface area contributed by atoms with E-state index in [1.807, 2.05) is 32.9 Å². The lowest BCUT2D eigenvalue weighted by Gasteiger charge is -2.30. The number of fused-ring (bicyclic) bond motifs is 1. The number of amides is 2. The van der Waals surface area contributed by atoms with Crippen LogP contribution in [0.1, 0.15) is 38.3 Å². The molecule has 3 rings (SSSR count). The molecule has 2 aliphatic heterocycles. The van der Waals surface area contributed by atoms with Crippen molar-refractivity contribution in [3.8, 4) is 5.75 Å². The van der Waals surface area contributed by atoms with Crippen molar-refractivity contribution in [1.29, 1.82) is 0 Å². The number of benzene rings is 1. The lowest BCUT2D eigenvalue weighted by atomic mass is 9.98. The highest BCUT2D eigenvalue weighted by atomic mass is 16.6. The third kappa shape index (κ3) is 3.78. The zero-order valence-electron chi connectivity index (χ0n) is 15.1. The van der Waals surface area contributed by atoms with Crippen molar-refractivity contribution in [2.24, 2.45) is 0 Å². The number of carbonyl (C=O) groups is 2. The Bertz CT molecular complexity index is 747. The Morgan fingerprint density at radius 1 is 1.28 bits per heavy atom. The Labute approximate surface area is 147 Å². The fourth-order valence-electron chi connectivity index (χ4n) is 3.09. The van der Waals surface area contributed by atoms with Crippen LogP contribution in [0, 0.1) is 0 Å². The lowest BCUT2D eigenvalue weighted by molar-refractivity contribution is -0.115. The second kappa shape index (κ2) is 6.43. The van der Waals surface area contributed by atoms with Crippen LogP contribution in [0.15, 0.2) is 18.2 Å². The van der Waals surface area contributed by atoms with Crippen LogP contribution in [0.4, 0.5) is 10.5 Å². The van der Waals surface area contributed by atoms with Gasteiger partial charge in [-0.05, 0) is 56.0 Å². The number of nitrogens with zero attached hydrogens (tertiary/aromatic N) is 1. The van der Waals surface area contributed by atoms with Gasteiger partial charge < -0.3 is 19.7 Å². The molecule has 6 nitrogen and oxygen atoms in total. The molecule has 2 aliphatic rings. The van der Waals surface area contributed by atoms with Gasteiger partial charge in [0.1, 0.15) is 11.4 Å². The molecule has 0 aliphatic carbocycles. The fraction of sp³-hybridized carbons (Fsp3) is 0.474. The average Bonchev–Trinajstić information content (AvgIpc) is 2.92. The second-order valence-electron chi connectivity index (χ2n) is 7.36. The molecule has 1 aromatic carbocycles. The van der Waals surface area contributed by atoms with Crippen molar-refractivity contribution in [3.05, 3.63) is 29.3 Å². The maximum atomic E-state index is 12.3. The zero-order chi connectivity index (χ0) is 18.2. The Kier molecular flexibility index (Phi) is 4.45. The molecule has 0 bridgehead atoms.